The van der Waals surface area contributed by atoms with Crippen LogP contribution in [-0.2, 0) is 12.8 Å². The molecule has 20 heavy (non-hydrogen) atoms. The van der Waals surface area contributed by atoms with Gasteiger partial charge in [0.2, 0.25) is 0 Å². The van der Waals surface area contributed by atoms with E-state index in [1.807, 2.05) is 0 Å². The smallest absolute Gasteiger partial charge is 0.0487 e. The monoisotopic (exact) mass is 265 g/mol. The molecule has 2 aliphatic carbocycles. The van der Waals surface area contributed by atoms with Crippen LogP contribution in [0.5, 0.6) is 0 Å². The molecule has 1 aromatic carbocycles. The molecule has 0 saturated heterocycles. The molecule has 0 N–H and O–H groups in total. The van der Waals surface area contributed by atoms with E-state index in [9.17, 15) is 0 Å². The van der Waals surface area contributed by atoms with Crippen LogP contribution >= 0.6 is 0 Å². The molecule has 0 spiro atoms. The van der Waals surface area contributed by atoms with E-state index in [1.165, 1.54) is 62.6 Å². The molecular weight excluding hydrogens is 242 g/mol. The zero-order valence-electron chi connectivity index (χ0n) is 12.1. The number of benzene rings is 1. The molecule has 1 aromatic heterocycles. The molecule has 4 rings (SSSR count). The van der Waals surface area contributed by atoms with Gasteiger partial charge >= 0.3 is 0 Å². The maximum atomic E-state index is 2.72. The third-order valence-corrected chi connectivity index (χ3v) is 5.10. The Morgan fingerprint density at radius 3 is 2.45 bits per heavy atom. The van der Waals surface area contributed by atoms with Gasteiger partial charge in [-0.25, -0.2) is 0 Å². The van der Waals surface area contributed by atoms with Crippen LogP contribution in [0, 0.1) is 0 Å². The van der Waals surface area contributed by atoms with Gasteiger partial charge in [-0.1, -0.05) is 49.6 Å². The topological polar surface area (TPSA) is 4.93 Å². The van der Waals surface area contributed by atoms with E-state index in [-0.39, 0.29) is 0 Å². The van der Waals surface area contributed by atoms with Gasteiger partial charge in [-0.3, -0.25) is 0 Å². The fourth-order valence-electron chi connectivity index (χ4n) is 4.15. The molecule has 0 atom stereocenters. The Morgan fingerprint density at radius 1 is 0.850 bits per heavy atom. The normalized spacial score (nSPS) is 19.2. The standard InChI is InChI=1S/C19H23N/c1-3-8-15(9-4-1)19-14-16-10-7-13-18(16)20(19)17-11-5-2-6-12-17/h1,3-4,8-9,14,17H,2,5-7,10-13H2. The van der Waals surface area contributed by atoms with Gasteiger partial charge in [0.15, 0.2) is 0 Å². The molecule has 2 aliphatic rings. The Labute approximate surface area is 121 Å². The van der Waals surface area contributed by atoms with Crippen molar-refractivity contribution in [2.24, 2.45) is 0 Å². The predicted octanol–water partition coefficient (Wildman–Crippen LogP) is 5.15. The zero-order chi connectivity index (χ0) is 13.4. The minimum absolute atomic E-state index is 0.751. The highest BCUT2D eigenvalue weighted by atomic mass is 15.0. The fourth-order valence-corrected chi connectivity index (χ4v) is 4.15. The Kier molecular flexibility index (Phi) is 3.14. The van der Waals surface area contributed by atoms with Gasteiger partial charge in [0.1, 0.15) is 0 Å². The molecule has 0 aliphatic heterocycles. The third-order valence-electron chi connectivity index (χ3n) is 5.10. The van der Waals surface area contributed by atoms with Crippen molar-refractivity contribution < 1.29 is 0 Å². The summed E-state index contributed by atoms with van der Waals surface area (Å²) < 4.78 is 2.72. The van der Waals surface area contributed by atoms with Crippen LogP contribution < -0.4 is 0 Å². The van der Waals surface area contributed by atoms with E-state index < -0.39 is 0 Å². The second-order valence-corrected chi connectivity index (χ2v) is 6.38. The summed E-state index contributed by atoms with van der Waals surface area (Å²) in [5.41, 5.74) is 6.14. The van der Waals surface area contributed by atoms with Gasteiger partial charge in [0, 0.05) is 17.4 Å². The van der Waals surface area contributed by atoms with Crippen molar-refractivity contribution in [3.05, 3.63) is 47.7 Å². The lowest BCUT2D eigenvalue weighted by Crippen LogP contribution is -2.15. The fraction of sp³-hybridized carbons (Fsp3) is 0.474. The van der Waals surface area contributed by atoms with Crippen molar-refractivity contribution in [1.82, 2.24) is 4.57 Å². The first-order valence-corrected chi connectivity index (χ1v) is 8.22. The highest BCUT2D eigenvalue weighted by molar-refractivity contribution is 5.63. The molecule has 1 nitrogen and oxygen atoms in total. The van der Waals surface area contributed by atoms with Crippen molar-refractivity contribution in [2.45, 2.75) is 57.4 Å². The van der Waals surface area contributed by atoms with Crippen LogP contribution in [0.2, 0.25) is 0 Å². The molecule has 1 fully saturated rings. The van der Waals surface area contributed by atoms with Crippen molar-refractivity contribution in [2.75, 3.05) is 0 Å². The Bertz CT molecular complexity index is 588. The molecule has 1 heteroatoms. The number of hydrogen-bond acceptors (Lipinski definition) is 0. The first-order valence-electron chi connectivity index (χ1n) is 8.22. The van der Waals surface area contributed by atoms with Crippen molar-refractivity contribution in [1.29, 1.82) is 0 Å². The molecule has 0 radical (unpaired) electrons. The Balaban J connectivity index is 1.82. The quantitative estimate of drug-likeness (QED) is 0.707. The summed E-state index contributed by atoms with van der Waals surface area (Å²) in [7, 11) is 0. The highest BCUT2D eigenvalue weighted by Gasteiger charge is 2.26. The van der Waals surface area contributed by atoms with Crippen molar-refractivity contribution in [3.63, 3.8) is 0 Å². The number of fused-ring (bicyclic) bond motifs is 1. The summed E-state index contributed by atoms with van der Waals surface area (Å²) in [5.74, 6) is 0. The summed E-state index contributed by atoms with van der Waals surface area (Å²) in [5, 5.41) is 0. The molecular formula is C19H23N. The molecule has 0 amide bonds. The summed E-state index contributed by atoms with van der Waals surface area (Å²) >= 11 is 0. The third kappa shape index (κ3) is 2.00. The van der Waals surface area contributed by atoms with E-state index in [0.29, 0.717) is 0 Å². The minimum atomic E-state index is 0.751. The number of rotatable bonds is 2. The molecule has 104 valence electrons. The summed E-state index contributed by atoms with van der Waals surface area (Å²) in [6, 6.07) is 14.2. The summed E-state index contributed by atoms with van der Waals surface area (Å²) in [6.07, 6.45) is 10.9. The van der Waals surface area contributed by atoms with E-state index in [0.717, 1.165) is 6.04 Å². The van der Waals surface area contributed by atoms with Gasteiger partial charge in [0.25, 0.3) is 0 Å². The van der Waals surface area contributed by atoms with Crippen molar-refractivity contribution >= 4 is 0 Å². The Morgan fingerprint density at radius 2 is 1.65 bits per heavy atom. The minimum Gasteiger partial charge on any atom is -0.341 e. The molecule has 0 unspecified atom stereocenters. The molecule has 1 saturated carbocycles. The SMILES string of the molecule is c1ccc(-c2cc3c(n2C2CCCCC2)CCC3)cc1. The van der Waals surface area contributed by atoms with Crippen LogP contribution in [0.25, 0.3) is 11.3 Å². The van der Waals surface area contributed by atoms with Crippen LogP contribution in [0.4, 0.5) is 0 Å². The van der Waals surface area contributed by atoms with Gasteiger partial charge in [-0.15, -0.1) is 0 Å². The van der Waals surface area contributed by atoms with Crippen LogP contribution in [0.1, 0.15) is 55.8 Å². The maximum Gasteiger partial charge on any atom is 0.0487 e. The second-order valence-electron chi connectivity index (χ2n) is 6.38. The van der Waals surface area contributed by atoms with E-state index in [4.69, 9.17) is 0 Å². The lowest BCUT2D eigenvalue weighted by Gasteiger charge is -2.27. The number of hydrogen-bond donors (Lipinski definition) is 0. The van der Waals surface area contributed by atoms with Gasteiger partial charge in [0.05, 0.1) is 0 Å². The summed E-state index contributed by atoms with van der Waals surface area (Å²) in [4.78, 5) is 0. The second kappa shape index (κ2) is 5.12. The van der Waals surface area contributed by atoms with Crippen molar-refractivity contribution in [3.8, 4) is 11.3 Å². The first-order chi connectivity index (χ1) is 9.93. The van der Waals surface area contributed by atoms with E-state index >= 15 is 0 Å². The maximum absolute atomic E-state index is 2.72. The number of aromatic nitrogens is 1. The zero-order valence-corrected chi connectivity index (χ0v) is 12.1. The number of nitrogens with zero attached hydrogens (tertiary/aromatic N) is 1. The first kappa shape index (κ1) is 12.3. The number of aryl methyl sites for hydroxylation is 1. The largest absolute Gasteiger partial charge is 0.341 e. The average Bonchev–Trinajstić information content (AvgIpc) is 3.09. The predicted molar refractivity (Wildman–Crippen MR) is 84.0 cm³/mol. The highest BCUT2D eigenvalue weighted by Crippen LogP contribution is 2.39. The molecule has 1 heterocycles. The molecule has 2 aromatic rings. The lowest BCUT2D eigenvalue weighted by atomic mass is 9.94. The van der Waals surface area contributed by atoms with E-state index in [2.05, 4.69) is 41.0 Å². The van der Waals surface area contributed by atoms with Gasteiger partial charge < -0.3 is 4.57 Å². The van der Waals surface area contributed by atoms with Crippen LogP contribution in [0.3, 0.4) is 0 Å². The summed E-state index contributed by atoms with van der Waals surface area (Å²) in [6.45, 7) is 0. The molecule has 0 bridgehead atoms. The van der Waals surface area contributed by atoms with E-state index in [1.54, 1.807) is 11.3 Å². The lowest BCUT2D eigenvalue weighted by molar-refractivity contribution is 0.350. The van der Waals surface area contributed by atoms with Gasteiger partial charge in [-0.2, -0.15) is 0 Å². The van der Waals surface area contributed by atoms with Crippen LogP contribution in [0.15, 0.2) is 36.4 Å². The Hall–Kier alpha value is -1.50. The average molecular weight is 265 g/mol. The van der Waals surface area contributed by atoms with Gasteiger partial charge in [-0.05, 0) is 49.3 Å². The van der Waals surface area contributed by atoms with Crippen LogP contribution in [-0.4, -0.2) is 4.57 Å².